The van der Waals surface area contributed by atoms with E-state index in [1.165, 1.54) is 6.07 Å². The largest absolute Gasteiger partial charge is 0.451 e. The Hall–Kier alpha value is -2.14. The molecule has 2 aliphatic rings. The van der Waals surface area contributed by atoms with E-state index in [-0.39, 0.29) is 29.2 Å². The van der Waals surface area contributed by atoms with E-state index in [4.69, 9.17) is 9.15 Å². The van der Waals surface area contributed by atoms with Crippen LogP contribution in [0.4, 0.5) is 0 Å². The Labute approximate surface area is 133 Å². The van der Waals surface area contributed by atoms with Crippen molar-refractivity contribution in [2.45, 2.75) is 37.8 Å². The molecule has 0 radical (unpaired) electrons. The number of para-hydroxylation sites is 1. The maximum Gasteiger partial charge on any atom is 0.290 e. The Bertz CT molecular complexity index is 795. The van der Waals surface area contributed by atoms with Crippen LogP contribution < -0.4 is 5.43 Å². The first-order valence-electron chi connectivity index (χ1n) is 8.19. The summed E-state index contributed by atoms with van der Waals surface area (Å²) in [5.74, 6) is -0.0759. The molecule has 1 aliphatic heterocycles. The van der Waals surface area contributed by atoms with E-state index < -0.39 is 0 Å². The van der Waals surface area contributed by atoms with E-state index in [0.29, 0.717) is 24.1 Å². The average Bonchev–Trinajstić information content (AvgIpc) is 2.60. The fraction of sp³-hybridized carbons (Fsp3) is 0.444. The molecule has 1 aromatic carbocycles. The molecule has 5 nitrogen and oxygen atoms in total. The fourth-order valence-corrected chi connectivity index (χ4v) is 3.70. The van der Waals surface area contributed by atoms with Gasteiger partial charge in [-0.25, -0.2) is 0 Å². The van der Waals surface area contributed by atoms with Crippen LogP contribution >= 0.6 is 0 Å². The van der Waals surface area contributed by atoms with Crippen LogP contribution in [0.3, 0.4) is 0 Å². The van der Waals surface area contributed by atoms with E-state index in [2.05, 4.69) is 0 Å². The summed E-state index contributed by atoms with van der Waals surface area (Å²) < 4.78 is 11.5. The van der Waals surface area contributed by atoms with Crippen LogP contribution in [0.1, 0.15) is 36.2 Å². The smallest absolute Gasteiger partial charge is 0.290 e. The summed E-state index contributed by atoms with van der Waals surface area (Å²) in [4.78, 5) is 26.9. The molecule has 0 spiro atoms. The molecule has 23 heavy (non-hydrogen) atoms. The van der Waals surface area contributed by atoms with Crippen molar-refractivity contribution in [2.75, 3.05) is 13.2 Å². The van der Waals surface area contributed by atoms with Crippen molar-refractivity contribution in [1.82, 2.24) is 4.90 Å². The predicted octanol–water partition coefficient (Wildman–Crippen LogP) is 2.58. The molecule has 1 saturated heterocycles. The van der Waals surface area contributed by atoms with Crippen molar-refractivity contribution in [2.24, 2.45) is 0 Å². The molecule has 5 heteroatoms. The summed E-state index contributed by atoms with van der Waals surface area (Å²) >= 11 is 0. The van der Waals surface area contributed by atoms with Crippen LogP contribution in [-0.4, -0.2) is 36.1 Å². The lowest BCUT2D eigenvalue weighted by Crippen LogP contribution is -2.54. The van der Waals surface area contributed by atoms with E-state index in [0.717, 1.165) is 25.7 Å². The van der Waals surface area contributed by atoms with Crippen LogP contribution in [0, 0.1) is 0 Å². The molecule has 2 atom stereocenters. The number of hydrogen-bond acceptors (Lipinski definition) is 4. The van der Waals surface area contributed by atoms with Crippen LogP contribution in [0.5, 0.6) is 0 Å². The monoisotopic (exact) mass is 313 g/mol. The van der Waals surface area contributed by atoms with E-state index in [1.54, 1.807) is 24.3 Å². The molecular formula is C18H19NO4. The number of hydrogen-bond donors (Lipinski definition) is 0. The SMILES string of the molecule is O=C(c1cc(=O)c2ccccc2o1)N1CCO[C@@H]2CCCC[C@@H]21. The summed E-state index contributed by atoms with van der Waals surface area (Å²) in [7, 11) is 0. The third-order valence-electron chi connectivity index (χ3n) is 4.84. The van der Waals surface area contributed by atoms with Crippen molar-refractivity contribution in [3.63, 3.8) is 0 Å². The van der Waals surface area contributed by atoms with E-state index in [9.17, 15) is 9.59 Å². The molecule has 2 heterocycles. The fourth-order valence-electron chi connectivity index (χ4n) is 3.70. The summed E-state index contributed by atoms with van der Waals surface area (Å²) in [6.45, 7) is 1.10. The molecule has 1 aliphatic carbocycles. The minimum absolute atomic E-state index is 0.0989. The maximum atomic E-state index is 12.9. The number of fused-ring (bicyclic) bond motifs is 2. The summed E-state index contributed by atoms with van der Waals surface area (Å²) in [6, 6.07) is 8.43. The molecule has 4 rings (SSSR count). The third kappa shape index (κ3) is 2.55. The number of amides is 1. The third-order valence-corrected chi connectivity index (χ3v) is 4.84. The number of carbonyl (C=O) groups is 1. The standard InChI is InChI=1S/C18H19NO4/c20-14-11-17(23-15-7-3-1-5-12(14)15)18(21)19-9-10-22-16-8-4-2-6-13(16)19/h1,3,5,7,11,13,16H,2,4,6,8-10H2/t13-,16+/m0/s1. The second-order valence-corrected chi connectivity index (χ2v) is 6.23. The lowest BCUT2D eigenvalue weighted by molar-refractivity contribution is -0.0759. The summed E-state index contributed by atoms with van der Waals surface area (Å²) in [5.41, 5.74) is 0.278. The number of nitrogens with zero attached hydrogens (tertiary/aromatic N) is 1. The number of rotatable bonds is 1. The van der Waals surface area contributed by atoms with Gasteiger partial charge in [0.1, 0.15) is 5.58 Å². The highest BCUT2D eigenvalue weighted by molar-refractivity contribution is 5.93. The van der Waals surface area contributed by atoms with Gasteiger partial charge in [-0.15, -0.1) is 0 Å². The van der Waals surface area contributed by atoms with Crippen LogP contribution in [0.2, 0.25) is 0 Å². The highest BCUT2D eigenvalue weighted by Gasteiger charge is 2.37. The van der Waals surface area contributed by atoms with Crippen LogP contribution in [0.25, 0.3) is 11.0 Å². The minimum Gasteiger partial charge on any atom is -0.451 e. The average molecular weight is 313 g/mol. The van der Waals surface area contributed by atoms with Gasteiger partial charge in [-0.05, 0) is 25.0 Å². The molecule has 1 aromatic heterocycles. The molecule has 1 saturated carbocycles. The Morgan fingerprint density at radius 1 is 1.17 bits per heavy atom. The topological polar surface area (TPSA) is 59.8 Å². The van der Waals surface area contributed by atoms with Gasteiger partial charge in [0.2, 0.25) is 0 Å². The van der Waals surface area contributed by atoms with Crippen molar-refractivity contribution in [1.29, 1.82) is 0 Å². The van der Waals surface area contributed by atoms with E-state index >= 15 is 0 Å². The Morgan fingerprint density at radius 3 is 2.91 bits per heavy atom. The quantitative estimate of drug-likeness (QED) is 0.812. The highest BCUT2D eigenvalue weighted by Crippen LogP contribution is 2.29. The van der Waals surface area contributed by atoms with Gasteiger partial charge in [-0.3, -0.25) is 9.59 Å². The van der Waals surface area contributed by atoms with Gasteiger partial charge in [0, 0.05) is 12.6 Å². The zero-order chi connectivity index (χ0) is 15.8. The Kier molecular flexibility index (Phi) is 3.65. The second kappa shape index (κ2) is 5.81. The van der Waals surface area contributed by atoms with Crippen molar-refractivity contribution in [3.05, 3.63) is 46.3 Å². The number of morpholine rings is 1. The zero-order valence-corrected chi connectivity index (χ0v) is 12.9. The van der Waals surface area contributed by atoms with Crippen LogP contribution in [0.15, 0.2) is 39.5 Å². The molecule has 0 unspecified atom stereocenters. The Balaban J connectivity index is 1.69. The van der Waals surface area contributed by atoms with Gasteiger partial charge >= 0.3 is 0 Å². The summed E-state index contributed by atoms with van der Waals surface area (Å²) in [6.07, 6.45) is 4.32. The van der Waals surface area contributed by atoms with Gasteiger partial charge in [-0.2, -0.15) is 0 Å². The molecule has 0 bridgehead atoms. The first-order valence-corrected chi connectivity index (χ1v) is 8.19. The normalized spacial score (nSPS) is 24.4. The van der Waals surface area contributed by atoms with Gasteiger partial charge in [0.05, 0.1) is 24.1 Å². The minimum atomic E-state index is -0.201. The first-order chi connectivity index (χ1) is 11.2. The van der Waals surface area contributed by atoms with E-state index in [1.807, 2.05) is 4.90 Å². The van der Waals surface area contributed by atoms with Crippen molar-refractivity contribution >= 4 is 16.9 Å². The highest BCUT2D eigenvalue weighted by atomic mass is 16.5. The molecule has 2 fully saturated rings. The van der Waals surface area contributed by atoms with Gasteiger partial charge in [-0.1, -0.05) is 25.0 Å². The molecule has 0 N–H and O–H groups in total. The number of carbonyl (C=O) groups excluding carboxylic acids is 1. The van der Waals surface area contributed by atoms with Crippen molar-refractivity contribution < 1.29 is 13.9 Å². The lowest BCUT2D eigenvalue weighted by atomic mass is 9.90. The molecule has 1 amide bonds. The molecule has 2 aromatic rings. The van der Waals surface area contributed by atoms with Gasteiger partial charge in [0.25, 0.3) is 5.91 Å². The number of ether oxygens (including phenoxy) is 1. The zero-order valence-electron chi connectivity index (χ0n) is 12.9. The number of benzene rings is 1. The predicted molar refractivity (Wildman–Crippen MR) is 85.5 cm³/mol. The molecular weight excluding hydrogens is 294 g/mol. The van der Waals surface area contributed by atoms with Gasteiger partial charge < -0.3 is 14.1 Å². The lowest BCUT2D eigenvalue weighted by Gasteiger charge is -2.43. The molecule has 120 valence electrons. The summed E-state index contributed by atoms with van der Waals surface area (Å²) in [5, 5.41) is 0.501. The van der Waals surface area contributed by atoms with Crippen LogP contribution in [-0.2, 0) is 4.74 Å². The van der Waals surface area contributed by atoms with Gasteiger partial charge in [0.15, 0.2) is 11.2 Å². The maximum absolute atomic E-state index is 12.9. The Morgan fingerprint density at radius 2 is 2.00 bits per heavy atom. The van der Waals surface area contributed by atoms with Crippen molar-refractivity contribution in [3.8, 4) is 0 Å². The second-order valence-electron chi connectivity index (χ2n) is 6.23. The first kappa shape index (κ1) is 14.5.